The number of rotatable bonds is 8. The molecule has 2 aromatic carbocycles. The molecule has 2 heterocycles. The molecule has 1 aliphatic heterocycles. The number of alkyl halides is 3. The van der Waals surface area contributed by atoms with Crippen LogP contribution in [0.3, 0.4) is 0 Å². The zero-order valence-corrected chi connectivity index (χ0v) is 23.1. The van der Waals surface area contributed by atoms with Gasteiger partial charge in [-0.15, -0.1) is 0 Å². The van der Waals surface area contributed by atoms with Crippen LogP contribution in [-0.4, -0.2) is 61.4 Å². The first-order chi connectivity index (χ1) is 18.3. The molecule has 0 bridgehead atoms. The van der Waals surface area contributed by atoms with E-state index in [1.54, 1.807) is 32.0 Å². The minimum Gasteiger partial charge on any atom is -0.370 e. The van der Waals surface area contributed by atoms with Gasteiger partial charge in [-0.05, 0) is 61.7 Å². The Morgan fingerprint density at radius 3 is 2.41 bits per heavy atom. The van der Waals surface area contributed by atoms with Gasteiger partial charge in [0.25, 0.3) is 0 Å². The maximum Gasteiger partial charge on any atom is 0.416 e. The van der Waals surface area contributed by atoms with E-state index in [1.807, 2.05) is 29.8 Å². The Kier molecular flexibility index (Phi) is 8.25. The van der Waals surface area contributed by atoms with Crippen LogP contribution in [0, 0.1) is 20.8 Å². The number of likely N-dealkylation sites (N-methyl/N-ethyl adjacent to an activating group) is 1. The summed E-state index contributed by atoms with van der Waals surface area (Å²) < 4.78 is 75.2. The number of benzene rings is 2. The molecule has 1 atom stereocenters. The van der Waals surface area contributed by atoms with Crippen molar-refractivity contribution in [3.63, 3.8) is 0 Å². The third-order valence-corrected chi connectivity index (χ3v) is 9.10. The van der Waals surface area contributed by atoms with Crippen molar-refractivity contribution in [1.29, 1.82) is 0 Å². The molecular weight excluding hydrogens is 531 g/mol. The number of nitrogens with zero attached hydrogens (tertiary/aromatic N) is 3. The average molecular weight is 564 g/mol. The van der Waals surface area contributed by atoms with Crippen LogP contribution in [0.1, 0.15) is 39.6 Å². The van der Waals surface area contributed by atoms with Crippen LogP contribution in [0.4, 0.5) is 13.2 Å². The third-order valence-electron chi connectivity index (χ3n) is 6.94. The second-order valence-electron chi connectivity index (χ2n) is 9.85. The molecule has 3 aromatic rings. The van der Waals surface area contributed by atoms with Gasteiger partial charge in [0.1, 0.15) is 6.61 Å². The number of aryl methyl sites for hydroxylation is 3. The van der Waals surface area contributed by atoms with Gasteiger partial charge in [0.05, 0.1) is 23.1 Å². The van der Waals surface area contributed by atoms with E-state index in [-0.39, 0.29) is 30.6 Å². The van der Waals surface area contributed by atoms with Crippen molar-refractivity contribution in [2.75, 3.05) is 33.4 Å². The van der Waals surface area contributed by atoms with Gasteiger partial charge in [-0.2, -0.15) is 17.5 Å². The summed E-state index contributed by atoms with van der Waals surface area (Å²) in [6, 6.07) is 11.5. The highest BCUT2D eigenvalue weighted by molar-refractivity contribution is 7.89. The Morgan fingerprint density at radius 2 is 1.74 bits per heavy atom. The molecule has 0 saturated heterocycles. The molecule has 11 heteroatoms. The molecule has 0 saturated carbocycles. The average Bonchev–Trinajstić information content (AvgIpc) is 3.33. The molecule has 1 amide bonds. The van der Waals surface area contributed by atoms with Gasteiger partial charge in [0, 0.05) is 38.6 Å². The topological polar surface area (TPSA) is 71.8 Å². The molecular formula is C28H32F3N3O4S. The molecule has 4 rings (SSSR count). The number of hydrogen-bond acceptors (Lipinski definition) is 4. The highest BCUT2D eigenvalue weighted by atomic mass is 32.2. The summed E-state index contributed by atoms with van der Waals surface area (Å²) in [6.07, 6.45) is -2.67. The summed E-state index contributed by atoms with van der Waals surface area (Å²) in [6.45, 7) is 5.89. The lowest BCUT2D eigenvalue weighted by molar-refractivity contribution is -0.139. The molecule has 0 radical (unpaired) electrons. The molecule has 0 aliphatic carbocycles. The second kappa shape index (κ2) is 11.1. The SMILES string of the molecule is Cc1cc(C)c(S(=O)(=O)N(C)CCOCC(=O)N2CCn3cccc3C2c2cccc(C(F)(F)F)c2)c(C)c1. The molecule has 39 heavy (non-hydrogen) atoms. The summed E-state index contributed by atoms with van der Waals surface area (Å²) in [7, 11) is -2.30. The van der Waals surface area contributed by atoms with E-state index in [2.05, 4.69) is 0 Å². The maximum atomic E-state index is 13.4. The van der Waals surface area contributed by atoms with Crippen LogP contribution in [0.5, 0.6) is 0 Å². The minimum absolute atomic E-state index is 0.0239. The van der Waals surface area contributed by atoms with Crippen LogP contribution in [0.15, 0.2) is 59.6 Å². The van der Waals surface area contributed by atoms with Crippen molar-refractivity contribution in [3.05, 3.63) is 88.2 Å². The van der Waals surface area contributed by atoms with Gasteiger partial charge >= 0.3 is 6.18 Å². The highest BCUT2D eigenvalue weighted by Gasteiger charge is 2.35. The molecule has 1 unspecified atom stereocenters. The Hall–Kier alpha value is -3.15. The molecule has 7 nitrogen and oxygen atoms in total. The van der Waals surface area contributed by atoms with Gasteiger partial charge in [0.2, 0.25) is 15.9 Å². The fourth-order valence-corrected chi connectivity index (χ4v) is 6.73. The van der Waals surface area contributed by atoms with Crippen molar-refractivity contribution in [2.24, 2.45) is 0 Å². The van der Waals surface area contributed by atoms with Crippen LogP contribution in [-0.2, 0) is 32.3 Å². The summed E-state index contributed by atoms with van der Waals surface area (Å²) in [5.41, 5.74) is 2.57. The molecule has 210 valence electrons. The Bertz CT molecular complexity index is 1440. The van der Waals surface area contributed by atoms with E-state index >= 15 is 0 Å². The highest BCUT2D eigenvalue weighted by Crippen LogP contribution is 2.36. The number of carbonyl (C=O) groups is 1. The molecule has 1 aromatic heterocycles. The predicted octanol–water partition coefficient (Wildman–Crippen LogP) is 4.70. The first-order valence-corrected chi connectivity index (χ1v) is 14.0. The molecule has 0 spiro atoms. The maximum absolute atomic E-state index is 13.4. The standard InChI is InChI=1S/C28H32F3N3O4S/c1-19-15-20(2)27(21(3)16-19)39(36,37)32(4)13-14-38-18-25(35)34-12-11-33-10-6-9-24(33)26(34)22-7-5-8-23(17-22)28(29,30)31/h5-10,15-17,26H,11-14,18H2,1-4H3. The number of carbonyl (C=O) groups excluding carboxylic acids is 1. The smallest absolute Gasteiger partial charge is 0.370 e. The number of sulfonamides is 1. The van der Waals surface area contributed by atoms with E-state index in [0.717, 1.165) is 17.7 Å². The van der Waals surface area contributed by atoms with Crippen LogP contribution >= 0.6 is 0 Å². The van der Waals surface area contributed by atoms with Gasteiger partial charge in [0.15, 0.2) is 0 Å². The lowest BCUT2D eigenvalue weighted by Crippen LogP contribution is -2.44. The Morgan fingerprint density at radius 1 is 1.05 bits per heavy atom. The number of amides is 1. The van der Waals surface area contributed by atoms with Gasteiger partial charge < -0.3 is 14.2 Å². The molecule has 0 N–H and O–H groups in total. The lowest BCUT2D eigenvalue weighted by Gasteiger charge is -2.37. The molecule has 1 aliphatic rings. The van der Waals surface area contributed by atoms with Crippen molar-refractivity contribution in [1.82, 2.24) is 13.8 Å². The van der Waals surface area contributed by atoms with E-state index in [9.17, 15) is 26.4 Å². The Balaban J connectivity index is 1.44. The van der Waals surface area contributed by atoms with Gasteiger partial charge in [-0.3, -0.25) is 4.79 Å². The number of ether oxygens (including phenoxy) is 1. The van der Waals surface area contributed by atoms with E-state index < -0.39 is 27.8 Å². The van der Waals surface area contributed by atoms with E-state index in [4.69, 9.17) is 4.74 Å². The number of halogens is 3. The monoisotopic (exact) mass is 563 g/mol. The number of aromatic nitrogens is 1. The zero-order valence-electron chi connectivity index (χ0n) is 22.3. The first kappa shape index (κ1) is 28.8. The zero-order chi connectivity index (χ0) is 28.5. The van der Waals surface area contributed by atoms with Crippen LogP contribution < -0.4 is 0 Å². The summed E-state index contributed by atoms with van der Waals surface area (Å²) in [5, 5.41) is 0. The fraction of sp³-hybridized carbons (Fsp3) is 0.393. The Labute approximate surface area is 226 Å². The fourth-order valence-electron chi connectivity index (χ4n) is 5.17. The van der Waals surface area contributed by atoms with Crippen molar-refractivity contribution < 1.29 is 31.1 Å². The normalized spacial score (nSPS) is 16.0. The third kappa shape index (κ3) is 6.05. The number of fused-ring (bicyclic) bond motifs is 1. The quantitative estimate of drug-likeness (QED) is 0.373. The van der Waals surface area contributed by atoms with Crippen molar-refractivity contribution in [2.45, 2.75) is 44.4 Å². The van der Waals surface area contributed by atoms with Crippen LogP contribution in [0.25, 0.3) is 0 Å². The van der Waals surface area contributed by atoms with Crippen molar-refractivity contribution >= 4 is 15.9 Å². The first-order valence-electron chi connectivity index (χ1n) is 12.5. The summed E-state index contributed by atoms with van der Waals surface area (Å²) in [4.78, 5) is 15.0. The van der Waals surface area contributed by atoms with Gasteiger partial charge in [-0.25, -0.2) is 8.42 Å². The summed E-state index contributed by atoms with van der Waals surface area (Å²) in [5.74, 6) is -0.388. The lowest BCUT2D eigenvalue weighted by atomic mass is 9.97. The van der Waals surface area contributed by atoms with Crippen LogP contribution in [0.2, 0.25) is 0 Å². The largest absolute Gasteiger partial charge is 0.416 e. The minimum atomic E-state index is -4.51. The molecule has 0 fully saturated rings. The van der Waals surface area contributed by atoms with Crippen molar-refractivity contribution in [3.8, 4) is 0 Å². The van der Waals surface area contributed by atoms with Gasteiger partial charge in [-0.1, -0.05) is 29.8 Å². The van der Waals surface area contributed by atoms with E-state index in [1.165, 1.54) is 22.3 Å². The number of hydrogen-bond donors (Lipinski definition) is 0. The second-order valence-corrected chi connectivity index (χ2v) is 11.8. The predicted molar refractivity (Wildman–Crippen MR) is 141 cm³/mol. The summed E-state index contributed by atoms with van der Waals surface area (Å²) >= 11 is 0. The van der Waals surface area contributed by atoms with E-state index in [0.29, 0.717) is 35.5 Å².